The van der Waals surface area contributed by atoms with Gasteiger partial charge in [0.15, 0.2) is 5.78 Å². The van der Waals surface area contributed by atoms with Gasteiger partial charge >= 0.3 is 0 Å². The van der Waals surface area contributed by atoms with Gasteiger partial charge in [0.05, 0.1) is 18.4 Å². The molecule has 2 atom stereocenters. The maximum Gasteiger partial charge on any atom is 0.224 e. The van der Waals surface area contributed by atoms with Gasteiger partial charge in [0.25, 0.3) is 0 Å². The largest absolute Gasteiger partial charge is 0.494 e. The number of nitrogens with two attached hydrogens (primary N) is 1. The zero-order chi connectivity index (χ0) is 27.5. The highest BCUT2D eigenvalue weighted by Gasteiger charge is 2.44. The van der Waals surface area contributed by atoms with E-state index in [4.69, 9.17) is 21.5 Å². The second-order valence-electron chi connectivity index (χ2n) is 9.55. The molecule has 2 unspecified atom stereocenters. The van der Waals surface area contributed by atoms with Gasteiger partial charge in [0.2, 0.25) is 15.9 Å². The van der Waals surface area contributed by atoms with Crippen LogP contribution in [-0.2, 0) is 14.8 Å². The molecular formula is C28H30ClN3O5S. The molecule has 0 radical (unpaired) electrons. The van der Waals surface area contributed by atoms with E-state index in [1.165, 1.54) is 6.92 Å². The van der Waals surface area contributed by atoms with E-state index in [2.05, 4.69) is 5.32 Å². The van der Waals surface area contributed by atoms with E-state index in [9.17, 15) is 18.0 Å². The molecule has 10 heteroatoms. The quantitative estimate of drug-likeness (QED) is 0.285. The number of nitrogens with one attached hydrogen (secondary N) is 1. The summed E-state index contributed by atoms with van der Waals surface area (Å²) >= 11 is 6.09. The van der Waals surface area contributed by atoms with Crippen LogP contribution in [0.4, 0.5) is 11.4 Å². The molecule has 3 N–H and O–H groups in total. The zero-order valence-electron chi connectivity index (χ0n) is 21.2. The van der Waals surface area contributed by atoms with Gasteiger partial charge < -0.3 is 15.0 Å². The van der Waals surface area contributed by atoms with Crippen molar-refractivity contribution < 1.29 is 22.7 Å². The number of carbonyl (C=O) groups is 2. The van der Waals surface area contributed by atoms with Crippen molar-refractivity contribution in [1.82, 2.24) is 0 Å². The van der Waals surface area contributed by atoms with E-state index in [1.54, 1.807) is 53.4 Å². The molecule has 3 aromatic carbocycles. The Morgan fingerprint density at radius 2 is 1.74 bits per heavy atom. The number of ether oxygens (including phenoxy) is 1. The highest BCUT2D eigenvalue weighted by Crippen LogP contribution is 2.44. The van der Waals surface area contributed by atoms with Gasteiger partial charge in [0, 0.05) is 35.3 Å². The maximum absolute atomic E-state index is 13.8. The normalized spacial score (nSPS) is 18.7. The minimum absolute atomic E-state index is 0.127. The van der Waals surface area contributed by atoms with Crippen molar-refractivity contribution in [3.05, 3.63) is 88.9 Å². The van der Waals surface area contributed by atoms with Crippen LogP contribution in [0.25, 0.3) is 0 Å². The number of ketones is 1. The molecule has 0 bridgehead atoms. The van der Waals surface area contributed by atoms with Crippen LogP contribution in [0.15, 0.2) is 72.8 Å². The fourth-order valence-corrected chi connectivity index (χ4v) is 5.43. The molecule has 0 aromatic heterocycles. The molecule has 3 aromatic rings. The van der Waals surface area contributed by atoms with Gasteiger partial charge in [-0.15, -0.1) is 0 Å². The van der Waals surface area contributed by atoms with Gasteiger partial charge in [-0.1, -0.05) is 29.8 Å². The number of sulfonamides is 1. The van der Waals surface area contributed by atoms with E-state index in [0.717, 1.165) is 11.3 Å². The van der Waals surface area contributed by atoms with Crippen LogP contribution in [0, 0.1) is 0 Å². The molecule has 0 saturated heterocycles. The number of primary sulfonamides is 1. The summed E-state index contributed by atoms with van der Waals surface area (Å²) in [4.78, 5) is 28.5. The lowest BCUT2D eigenvalue weighted by molar-refractivity contribution is -0.117. The number of halogens is 1. The molecule has 0 aliphatic carbocycles. The lowest BCUT2D eigenvalue weighted by Crippen LogP contribution is -2.51. The van der Waals surface area contributed by atoms with Crippen LogP contribution in [0.3, 0.4) is 0 Å². The standard InChI is InChI=1S/C28H30ClN3O5S/c1-19(33)32(22-12-10-21(29)11-13-22)26-18-28(2,31-25-7-4-3-6-24(25)26)27(34)20-8-14-23(15-9-20)37-16-5-17-38(30,35)36/h3-4,6-15,26,31H,5,16-18H2,1-2H3,(H2,30,35,36). The van der Waals surface area contributed by atoms with Gasteiger partial charge in [-0.25, -0.2) is 13.6 Å². The van der Waals surface area contributed by atoms with Gasteiger partial charge in [0.1, 0.15) is 11.3 Å². The summed E-state index contributed by atoms with van der Waals surface area (Å²) in [5, 5.41) is 9.00. The number of nitrogens with zero attached hydrogens (tertiary/aromatic N) is 1. The van der Waals surface area contributed by atoms with E-state index < -0.39 is 15.6 Å². The minimum atomic E-state index is -3.53. The predicted octanol–water partition coefficient (Wildman–Crippen LogP) is 4.95. The molecule has 200 valence electrons. The number of hydrogen-bond donors (Lipinski definition) is 2. The Kier molecular flexibility index (Phi) is 8.10. The number of Topliss-reactive ketones (excluding diaryl/α,β-unsaturated/α-hetero) is 1. The molecule has 0 fully saturated rings. The number of anilines is 2. The van der Waals surface area contributed by atoms with Crippen LogP contribution in [0.1, 0.15) is 48.7 Å². The summed E-state index contributed by atoms with van der Waals surface area (Å²) in [7, 11) is -3.53. The van der Waals surface area contributed by atoms with Crippen molar-refractivity contribution in [2.24, 2.45) is 5.14 Å². The first kappa shape index (κ1) is 27.6. The van der Waals surface area contributed by atoms with Gasteiger partial charge in [-0.2, -0.15) is 0 Å². The van der Waals surface area contributed by atoms with Crippen LogP contribution < -0.4 is 20.1 Å². The van der Waals surface area contributed by atoms with Crippen molar-refractivity contribution in [3.8, 4) is 5.75 Å². The number of rotatable bonds is 9. The van der Waals surface area contributed by atoms with E-state index in [0.29, 0.717) is 28.4 Å². The third-order valence-electron chi connectivity index (χ3n) is 6.55. The SMILES string of the molecule is CC(=O)N(c1ccc(Cl)cc1)C1CC(C)(C(=O)c2ccc(OCCCS(N)(=O)=O)cc2)Nc2ccccc21. The minimum Gasteiger partial charge on any atom is -0.494 e. The number of fused-ring (bicyclic) bond motifs is 1. The maximum atomic E-state index is 13.8. The molecule has 1 amide bonds. The van der Waals surface area contributed by atoms with E-state index >= 15 is 0 Å². The first-order valence-corrected chi connectivity index (χ1v) is 14.3. The Bertz CT molecular complexity index is 1430. The summed E-state index contributed by atoms with van der Waals surface area (Å²) in [6, 6.07) is 21.1. The van der Waals surface area contributed by atoms with Crippen molar-refractivity contribution in [2.45, 2.75) is 38.3 Å². The molecule has 1 heterocycles. The molecule has 0 spiro atoms. The summed E-state index contributed by atoms with van der Waals surface area (Å²) < 4.78 is 27.7. The Balaban J connectivity index is 1.59. The van der Waals surface area contributed by atoms with Gasteiger partial charge in [-0.05, 0) is 73.5 Å². The van der Waals surface area contributed by atoms with E-state index in [1.807, 2.05) is 31.2 Å². The summed E-state index contributed by atoms with van der Waals surface area (Å²) in [6.07, 6.45) is 0.611. The second kappa shape index (κ2) is 11.1. The molecule has 0 saturated carbocycles. The Morgan fingerprint density at radius 1 is 1.08 bits per heavy atom. The number of para-hydroxylation sites is 1. The van der Waals surface area contributed by atoms with Crippen LogP contribution in [0.2, 0.25) is 5.02 Å². The number of hydrogen-bond acceptors (Lipinski definition) is 6. The Labute approximate surface area is 227 Å². The van der Waals surface area contributed by atoms with Crippen LogP contribution >= 0.6 is 11.6 Å². The second-order valence-corrected chi connectivity index (χ2v) is 11.7. The smallest absolute Gasteiger partial charge is 0.224 e. The van der Waals surface area contributed by atoms with Crippen molar-refractivity contribution >= 4 is 44.7 Å². The highest BCUT2D eigenvalue weighted by molar-refractivity contribution is 7.89. The van der Waals surface area contributed by atoms with Crippen molar-refractivity contribution in [2.75, 3.05) is 22.6 Å². The zero-order valence-corrected chi connectivity index (χ0v) is 22.8. The first-order valence-electron chi connectivity index (χ1n) is 12.2. The Hall–Kier alpha value is -3.40. The molecular weight excluding hydrogens is 526 g/mol. The topological polar surface area (TPSA) is 119 Å². The number of benzene rings is 3. The fourth-order valence-electron chi connectivity index (χ4n) is 4.78. The lowest BCUT2D eigenvalue weighted by Gasteiger charge is -2.44. The first-order chi connectivity index (χ1) is 18.0. The van der Waals surface area contributed by atoms with Crippen LogP contribution in [-0.4, -0.2) is 38.0 Å². The number of amides is 1. The monoisotopic (exact) mass is 555 g/mol. The fraction of sp³-hybridized carbons (Fsp3) is 0.286. The third-order valence-corrected chi connectivity index (χ3v) is 7.66. The average Bonchev–Trinajstić information content (AvgIpc) is 2.87. The summed E-state index contributed by atoms with van der Waals surface area (Å²) in [6.45, 7) is 3.54. The molecule has 1 aliphatic rings. The van der Waals surface area contributed by atoms with Crippen molar-refractivity contribution in [3.63, 3.8) is 0 Å². The third kappa shape index (κ3) is 6.35. The van der Waals surface area contributed by atoms with Crippen molar-refractivity contribution in [1.29, 1.82) is 0 Å². The molecule has 4 rings (SSSR count). The summed E-state index contributed by atoms with van der Waals surface area (Å²) in [5.74, 6) is 0.0837. The summed E-state index contributed by atoms with van der Waals surface area (Å²) in [5.41, 5.74) is 1.89. The number of carbonyl (C=O) groups excluding carboxylic acids is 2. The highest BCUT2D eigenvalue weighted by atomic mass is 35.5. The Morgan fingerprint density at radius 3 is 2.37 bits per heavy atom. The average molecular weight is 556 g/mol. The molecule has 38 heavy (non-hydrogen) atoms. The van der Waals surface area contributed by atoms with Gasteiger partial charge in [-0.3, -0.25) is 9.59 Å². The molecule has 1 aliphatic heterocycles. The van der Waals surface area contributed by atoms with E-state index in [-0.39, 0.29) is 36.5 Å². The predicted molar refractivity (Wildman–Crippen MR) is 149 cm³/mol. The molecule has 8 nitrogen and oxygen atoms in total. The lowest BCUT2D eigenvalue weighted by atomic mass is 9.78. The van der Waals surface area contributed by atoms with Crippen LogP contribution in [0.5, 0.6) is 5.75 Å².